The summed E-state index contributed by atoms with van der Waals surface area (Å²) >= 11 is 7.80. The van der Waals surface area contributed by atoms with Crippen molar-refractivity contribution in [3.05, 3.63) is 56.5 Å². The molecule has 0 radical (unpaired) electrons. The van der Waals surface area contributed by atoms with E-state index in [2.05, 4.69) is 96.0 Å². The third-order valence-corrected chi connectivity index (χ3v) is 10.4. The second-order valence-electron chi connectivity index (χ2n) is 12.6. The summed E-state index contributed by atoms with van der Waals surface area (Å²) in [5.41, 5.74) is 6.30. The van der Waals surface area contributed by atoms with Gasteiger partial charge in [-0.2, -0.15) is 0 Å². The van der Waals surface area contributed by atoms with Crippen LogP contribution in [0, 0.1) is 11.8 Å². The summed E-state index contributed by atoms with van der Waals surface area (Å²) in [7, 11) is 0. The van der Waals surface area contributed by atoms with Crippen molar-refractivity contribution in [3.8, 4) is 11.1 Å². The van der Waals surface area contributed by atoms with Gasteiger partial charge < -0.3 is 0 Å². The molecule has 0 heterocycles. The van der Waals surface area contributed by atoms with Gasteiger partial charge in [0.05, 0.1) is 0 Å². The van der Waals surface area contributed by atoms with Crippen molar-refractivity contribution < 1.29 is 0 Å². The van der Waals surface area contributed by atoms with E-state index >= 15 is 0 Å². The minimum Gasteiger partial charge on any atom is -0.0654 e. The number of hydrogen-bond acceptors (Lipinski definition) is 0. The average Bonchev–Trinajstić information content (AvgIpc) is 3.18. The van der Waals surface area contributed by atoms with Gasteiger partial charge in [0, 0.05) is 14.4 Å². The molecule has 0 aliphatic heterocycles. The molecule has 0 spiro atoms. The number of hydrogen-bond donors (Lipinski definition) is 0. The van der Waals surface area contributed by atoms with Crippen molar-refractivity contribution in [2.45, 2.75) is 149 Å². The molecule has 0 saturated heterocycles. The first-order valence-electron chi connectivity index (χ1n) is 16.6. The third kappa shape index (κ3) is 9.19. The molecule has 2 aromatic rings. The molecule has 0 amide bonds. The lowest BCUT2D eigenvalue weighted by Gasteiger charge is -2.39. The first-order chi connectivity index (χ1) is 19.0. The maximum absolute atomic E-state index is 3.90. The topological polar surface area (TPSA) is 0 Å². The molecular weight excluding hydrogens is 604 g/mol. The summed E-state index contributed by atoms with van der Waals surface area (Å²) in [6.07, 6.45) is 24.5. The van der Waals surface area contributed by atoms with Crippen LogP contribution in [-0.4, -0.2) is 0 Å². The average molecular weight is 661 g/mol. The van der Waals surface area contributed by atoms with Crippen LogP contribution >= 0.6 is 31.9 Å². The van der Waals surface area contributed by atoms with Gasteiger partial charge in [0.1, 0.15) is 0 Å². The molecular formula is C37H56Br2. The minimum atomic E-state index is 0.116. The maximum atomic E-state index is 3.90. The summed E-state index contributed by atoms with van der Waals surface area (Å²) in [6.45, 7) is 9.41. The zero-order valence-corrected chi connectivity index (χ0v) is 28.8. The number of unbranched alkanes of at least 4 members (excludes halogenated alkanes) is 8. The summed E-state index contributed by atoms with van der Waals surface area (Å²) in [5, 5.41) is 0. The molecule has 1 aliphatic carbocycles. The Morgan fingerprint density at radius 3 is 1.28 bits per heavy atom. The molecule has 39 heavy (non-hydrogen) atoms. The minimum absolute atomic E-state index is 0.116. The second kappa shape index (κ2) is 17.4. The number of benzene rings is 2. The van der Waals surface area contributed by atoms with Crippen LogP contribution in [-0.2, 0) is 5.41 Å². The van der Waals surface area contributed by atoms with Gasteiger partial charge in [-0.05, 0) is 71.2 Å². The van der Waals surface area contributed by atoms with Gasteiger partial charge in [0.2, 0.25) is 0 Å². The smallest absolute Gasteiger partial charge is 0.0221 e. The predicted octanol–water partition coefficient (Wildman–Crippen LogP) is 13.8. The molecule has 1 aliphatic rings. The van der Waals surface area contributed by atoms with Crippen molar-refractivity contribution in [2.24, 2.45) is 11.8 Å². The van der Waals surface area contributed by atoms with Gasteiger partial charge in [0.25, 0.3) is 0 Å². The van der Waals surface area contributed by atoms with Crippen LogP contribution in [0.4, 0.5) is 0 Å². The van der Waals surface area contributed by atoms with Crippen LogP contribution in [0.5, 0.6) is 0 Å². The molecule has 2 heteroatoms. The van der Waals surface area contributed by atoms with Gasteiger partial charge in [0.15, 0.2) is 0 Å². The Labute approximate surface area is 258 Å². The Hall–Kier alpha value is -0.600. The molecule has 218 valence electrons. The van der Waals surface area contributed by atoms with Crippen LogP contribution in [0.2, 0.25) is 0 Å². The Morgan fingerprint density at radius 2 is 0.897 bits per heavy atom. The highest BCUT2D eigenvalue weighted by molar-refractivity contribution is 9.10. The van der Waals surface area contributed by atoms with Crippen LogP contribution in [0.15, 0.2) is 45.3 Å². The van der Waals surface area contributed by atoms with Crippen LogP contribution in [0.1, 0.15) is 154 Å². The van der Waals surface area contributed by atoms with E-state index in [1.807, 2.05) is 0 Å². The summed E-state index contributed by atoms with van der Waals surface area (Å²) in [4.78, 5) is 0. The van der Waals surface area contributed by atoms with Gasteiger partial charge in [-0.3, -0.25) is 0 Å². The molecule has 0 N–H and O–H groups in total. The highest BCUT2D eigenvalue weighted by Gasteiger charge is 2.45. The van der Waals surface area contributed by atoms with E-state index in [-0.39, 0.29) is 5.41 Å². The lowest BCUT2D eigenvalue weighted by atomic mass is 9.64. The fourth-order valence-electron chi connectivity index (χ4n) is 7.35. The normalized spacial score (nSPS) is 15.2. The third-order valence-electron chi connectivity index (χ3n) is 9.42. The van der Waals surface area contributed by atoms with Crippen LogP contribution in [0.25, 0.3) is 11.1 Å². The lowest BCUT2D eigenvalue weighted by molar-refractivity contribution is 0.251. The van der Waals surface area contributed by atoms with E-state index in [9.17, 15) is 0 Å². The standard InChI is InChI=1S/C37H56Br2/c1-5-9-13-15-19-29(17-11-7-3)27-37(28-30(18-12-8-4)20-16-14-10-6-2)35-25-31(38)21-23-33(35)34-24-22-32(39)26-36(34)37/h21-26,29-30H,5-20,27-28H2,1-4H3. The first kappa shape index (κ1) is 32.9. The number of rotatable bonds is 20. The Kier molecular flexibility index (Phi) is 14.7. The molecule has 0 nitrogen and oxygen atoms in total. The first-order valence-corrected chi connectivity index (χ1v) is 18.2. The van der Waals surface area contributed by atoms with Crippen molar-refractivity contribution >= 4 is 31.9 Å². The fourth-order valence-corrected chi connectivity index (χ4v) is 8.07. The van der Waals surface area contributed by atoms with Crippen LogP contribution < -0.4 is 0 Å². The SMILES string of the molecule is CCCCCCC(CCCC)CC1(CC(CCCC)CCCCCC)c2cc(Br)ccc2-c2ccc(Br)cc21. The summed E-state index contributed by atoms with van der Waals surface area (Å²) in [5.74, 6) is 1.59. The van der Waals surface area contributed by atoms with E-state index in [1.165, 1.54) is 136 Å². The number of halogens is 2. The van der Waals surface area contributed by atoms with E-state index in [4.69, 9.17) is 0 Å². The summed E-state index contributed by atoms with van der Waals surface area (Å²) in [6, 6.07) is 14.3. The van der Waals surface area contributed by atoms with Crippen LogP contribution in [0.3, 0.4) is 0 Å². The summed E-state index contributed by atoms with van der Waals surface area (Å²) < 4.78 is 2.47. The Bertz CT molecular complexity index is 898. The molecule has 0 bridgehead atoms. The maximum Gasteiger partial charge on any atom is 0.0221 e. The van der Waals surface area contributed by atoms with E-state index in [0.29, 0.717) is 0 Å². The largest absolute Gasteiger partial charge is 0.0654 e. The molecule has 3 rings (SSSR count). The van der Waals surface area contributed by atoms with Crippen molar-refractivity contribution in [2.75, 3.05) is 0 Å². The molecule has 0 aromatic heterocycles. The van der Waals surface area contributed by atoms with Gasteiger partial charge in [-0.25, -0.2) is 0 Å². The zero-order valence-electron chi connectivity index (χ0n) is 25.6. The molecule has 0 fully saturated rings. The predicted molar refractivity (Wildman–Crippen MR) is 181 cm³/mol. The fraction of sp³-hybridized carbons (Fsp3) is 0.676. The second-order valence-corrected chi connectivity index (χ2v) is 14.4. The van der Waals surface area contributed by atoms with E-state index in [0.717, 1.165) is 11.8 Å². The lowest BCUT2D eigenvalue weighted by Crippen LogP contribution is -2.32. The van der Waals surface area contributed by atoms with Crippen molar-refractivity contribution in [1.29, 1.82) is 0 Å². The molecule has 2 aromatic carbocycles. The quantitative estimate of drug-likeness (QED) is 0.124. The van der Waals surface area contributed by atoms with Gasteiger partial charge in [-0.1, -0.05) is 174 Å². The zero-order chi connectivity index (χ0) is 28.1. The van der Waals surface area contributed by atoms with E-state index in [1.54, 1.807) is 11.1 Å². The number of fused-ring (bicyclic) bond motifs is 3. The van der Waals surface area contributed by atoms with Gasteiger partial charge in [-0.15, -0.1) is 0 Å². The van der Waals surface area contributed by atoms with E-state index < -0.39 is 0 Å². The Morgan fingerprint density at radius 1 is 0.513 bits per heavy atom. The highest BCUT2D eigenvalue weighted by Crippen LogP contribution is 2.57. The molecule has 0 saturated carbocycles. The molecule has 2 atom stereocenters. The highest BCUT2D eigenvalue weighted by atomic mass is 79.9. The van der Waals surface area contributed by atoms with Crippen molar-refractivity contribution in [1.82, 2.24) is 0 Å². The molecule has 2 unspecified atom stereocenters. The van der Waals surface area contributed by atoms with Gasteiger partial charge >= 0.3 is 0 Å². The monoisotopic (exact) mass is 658 g/mol. The Balaban J connectivity index is 2.07. The van der Waals surface area contributed by atoms with Crippen molar-refractivity contribution in [3.63, 3.8) is 0 Å².